The largest absolute Gasteiger partial charge is 0.480 e. The Kier molecular flexibility index (Phi) is 2.80. The molecule has 1 aromatic rings. The Morgan fingerprint density at radius 2 is 2.22 bits per heavy atom. The van der Waals surface area contributed by atoms with Gasteiger partial charge in [-0.15, -0.1) is 0 Å². The molecule has 2 rings (SSSR count). The number of rotatable bonds is 3. The summed E-state index contributed by atoms with van der Waals surface area (Å²) in [6, 6.07) is 1.99. The first kappa shape index (κ1) is 12.5. The lowest BCUT2D eigenvalue weighted by Crippen LogP contribution is -2.43. The molecule has 2 atom stereocenters. The summed E-state index contributed by atoms with van der Waals surface area (Å²) in [5.41, 5.74) is 3.45. The van der Waals surface area contributed by atoms with E-state index in [-0.39, 0.29) is 11.3 Å². The zero-order chi connectivity index (χ0) is 13.5. The Morgan fingerprint density at radius 3 is 2.83 bits per heavy atom. The minimum atomic E-state index is -2.12. The van der Waals surface area contributed by atoms with Crippen LogP contribution in [-0.2, 0) is 15.2 Å². The molecule has 1 aliphatic heterocycles. The highest BCUT2D eigenvalue weighted by molar-refractivity contribution is 6.05. The summed E-state index contributed by atoms with van der Waals surface area (Å²) in [5.74, 6) is -2.78. The summed E-state index contributed by atoms with van der Waals surface area (Å²) < 4.78 is 13.1. The summed E-state index contributed by atoms with van der Waals surface area (Å²) in [5, 5.41) is 21.3. The number of nitrogens with two attached hydrogens (primary N) is 1. The van der Waals surface area contributed by atoms with Crippen LogP contribution in [-0.4, -0.2) is 28.1 Å². The maximum absolute atomic E-state index is 13.1. The number of halogens is 1. The molecule has 0 saturated heterocycles. The zero-order valence-electron chi connectivity index (χ0n) is 9.18. The molecule has 1 aliphatic rings. The first-order valence-corrected chi connectivity index (χ1v) is 5.17. The van der Waals surface area contributed by atoms with Crippen LogP contribution in [0, 0.1) is 5.82 Å². The van der Waals surface area contributed by atoms with E-state index in [4.69, 9.17) is 10.8 Å². The van der Waals surface area contributed by atoms with E-state index in [1.165, 1.54) is 6.07 Å². The second kappa shape index (κ2) is 4.04. The third-order valence-corrected chi connectivity index (χ3v) is 2.88. The van der Waals surface area contributed by atoms with Gasteiger partial charge in [0.2, 0.25) is 0 Å². The van der Waals surface area contributed by atoms with Gasteiger partial charge in [-0.25, -0.2) is 4.39 Å². The van der Waals surface area contributed by atoms with Gasteiger partial charge in [0.1, 0.15) is 11.9 Å². The number of aliphatic carboxylic acids is 1. The van der Waals surface area contributed by atoms with Crippen molar-refractivity contribution in [1.82, 2.24) is 0 Å². The topological polar surface area (TPSA) is 113 Å². The van der Waals surface area contributed by atoms with Crippen molar-refractivity contribution in [2.45, 2.75) is 18.1 Å². The van der Waals surface area contributed by atoms with Gasteiger partial charge in [0, 0.05) is 17.7 Å². The summed E-state index contributed by atoms with van der Waals surface area (Å²) >= 11 is 0. The molecule has 0 fully saturated rings. The van der Waals surface area contributed by atoms with Crippen molar-refractivity contribution >= 4 is 17.6 Å². The third kappa shape index (κ3) is 1.83. The Hall–Kier alpha value is -1.99. The Labute approximate surface area is 101 Å². The van der Waals surface area contributed by atoms with Crippen LogP contribution in [0.3, 0.4) is 0 Å². The minimum absolute atomic E-state index is 0.00389. The molecule has 0 aliphatic carbocycles. The number of nitrogens with one attached hydrogen (secondary N) is 1. The summed E-state index contributed by atoms with van der Waals surface area (Å²) in [6.45, 7) is 0. The van der Waals surface area contributed by atoms with E-state index < -0.39 is 35.8 Å². The fourth-order valence-corrected chi connectivity index (χ4v) is 1.92. The normalized spacial score (nSPS) is 23.4. The highest BCUT2D eigenvalue weighted by Crippen LogP contribution is 2.39. The number of fused-ring (bicyclic) bond motifs is 1. The van der Waals surface area contributed by atoms with Crippen LogP contribution in [0.2, 0.25) is 0 Å². The molecule has 1 aromatic carbocycles. The summed E-state index contributed by atoms with van der Waals surface area (Å²) in [7, 11) is 0. The lowest BCUT2D eigenvalue weighted by atomic mass is 9.88. The van der Waals surface area contributed by atoms with Gasteiger partial charge in [-0.2, -0.15) is 0 Å². The van der Waals surface area contributed by atoms with E-state index in [1.807, 2.05) is 0 Å². The second-order valence-corrected chi connectivity index (χ2v) is 4.15. The lowest BCUT2D eigenvalue weighted by Gasteiger charge is -2.22. The Bertz CT molecular complexity index is 534. The van der Waals surface area contributed by atoms with E-state index in [9.17, 15) is 19.1 Å². The number of carboxylic acids is 1. The van der Waals surface area contributed by atoms with E-state index in [2.05, 4.69) is 5.32 Å². The van der Waals surface area contributed by atoms with Gasteiger partial charge in [0.15, 0.2) is 5.60 Å². The average molecular weight is 254 g/mol. The van der Waals surface area contributed by atoms with E-state index in [0.29, 0.717) is 0 Å². The molecule has 0 bridgehead atoms. The monoisotopic (exact) mass is 254 g/mol. The van der Waals surface area contributed by atoms with Gasteiger partial charge in [0.25, 0.3) is 5.91 Å². The van der Waals surface area contributed by atoms with E-state index in [1.54, 1.807) is 0 Å². The van der Waals surface area contributed by atoms with Crippen LogP contribution in [0.4, 0.5) is 10.1 Å². The summed E-state index contributed by atoms with van der Waals surface area (Å²) in [6.07, 6.45) is -0.523. The molecule has 5 N–H and O–H groups in total. The SMILES string of the molecule is N[C@@H](C[C@@]1(O)C(=O)Nc2ccc(F)cc21)C(=O)O. The molecule has 0 saturated carbocycles. The van der Waals surface area contributed by atoms with Crippen molar-refractivity contribution in [3.8, 4) is 0 Å². The van der Waals surface area contributed by atoms with Crippen molar-refractivity contribution in [1.29, 1.82) is 0 Å². The number of carboxylic acid groups (broad SMARTS) is 1. The number of aliphatic hydroxyl groups is 1. The standard InChI is InChI=1S/C11H11FN2O4/c12-5-1-2-8-6(3-5)11(18,10(17)14-8)4-7(13)9(15)16/h1-3,7,18H,4,13H2,(H,14,17)(H,15,16)/t7-,11-/m0/s1. The fraction of sp³-hybridized carbons (Fsp3) is 0.273. The number of amides is 1. The Balaban J connectivity index is 2.42. The maximum atomic E-state index is 13.1. The van der Waals surface area contributed by atoms with Gasteiger partial charge < -0.3 is 21.3 Å². The molecule has 18 heavy (non-hydrogen) atoms. The smallest absolute Gasteiger partial charge is 0.320 e. The van der Waals surface area contributed by atoms with Gasteiger partial charge >= 0.3 is 5.97 Å². The molecule has 0 aromatic heterocycles. The Morgan fingerprint density at radius 1 is 1.56 bits per heavy atom. The number of hydrogen-bond donors (Lipinski definition) is 4. The van der Waals surface area contributed by atoms with Crippen LogP contribution < -0.4 is 11.1 Å². The summed E-state index contributed by atoms with van der Waals surface area (Å²) in [4.78, 5) is 22.4. The van der Waals surface area contributed by atoms with Gasteiger partial charge in [-0.1, -0.05) is 0 Å². The average Bonchev–Trinajstić information content (AvgIpc) is 2.52. The molecule has 6 nitrogen and oxygen atoms in total. The lowest BCUT2D eigenvalue weighted by molar-refractivity contribution is -0.143. The van der Waals surface area contributed by atoms with Crippen molar-refractivity contribution in [2.24, 2.45) is 5.73 Å². The first-order valence-electron chi connectivity index (χ1n) is 5.17. The molecule has 96 valence electrons. The molecule has 7 heteroatoms. The van der Waals surface area contributed by atoms with E-state index in [0.717, 1.165) is 12.1 Å². The highest BCUT2D eigenvalue weighted by atomic mass is 19.1. The van der Waals surface area contributed by atoms with Crippen molar-refractivity contribution < 1.29 is 24.2 Å². The highest BCUT2D eigenvalue weighted by Gasteiger charge is 2.47. The maximum Gasteiger partial charge on any atom is 0.320 e. The van der Waals surface area contributed by atoms with Gasteiger partial charge in [-0.05, 0) is 18.2 Å². The number of hydrogen-bond acceptors (Lipinski definition) is 4. The second-order valence-electron chi connectivity index (χ2n) is 4.15. The number of benzene rings is 1. The molecule has 1 amide bonds. The van der Waals surface area contributed by atoms with Gasteiger partial charge in [-0.3, -0.25) is 9.59 Å². The third-order valence-electron chi connectivity index (χ3n) is 2.88. The molecule has 1 heterocycles. The number of carbonyl (C=O) groups is 2. The van der Waals surface area contributed by atoms with E-state index >= 15 is 0 Å². The first-order chi connectivity index (χ1) is 8.34. The van der Waals surface area contributed by atoms with Crippen molar-refractivity contribution in [3.63, 3.8) is 0 Å². The number of carbonyl (C=O) groups excluding carboxylic acids is 1. The minimum Gasteiger partial charge on any atom is -0.480 e. The molecule has 0 unspecified atom stereocenters. The number of anilines is 1. The molecular formula is C11H11FN2O4. The molecule has 0 spiro atoms. The van der Waals surface area contributed by atoms with Crippen LogP contribution in [0.25, 0.3) is 0 Å². The zero-order valence-corrected chi connectivity index (χ0v) is 9.18. The quantitative estimate of drug-likeness (QED) is 0.595. The van der Waals surface area contributed by atoms with Crippen LogP contribution in [0.5, 0.6) is 0 Å². The van der Waals surface area contributed by atoms with Crippen LogP contribution in [0.1, 0.15) is 12.0 Å². The molecule has 0 radical (unpaired) electrons. The van der Waals surface area contributed by atoms with Crippen LogP contribution in [0.15, 0.2) is 18.2 Å². The van der Waals surface area contributed by atoms with Gasteiger partial charge in [0.05, 0.1) is 0 Å². The van der Waals surface area contributed by atoms with Crippen LogP contribution >= 0.6 is 0 Å². The predicted octanol–water partition coefficient (Wildman–Crippen LogP) is -0.233. The molecular weight excluding hydrogens is 243 g/mol. The predicted molar refractivity (Wildman–Crippen MR) is 59.2 cm³/mol. The fourth-order valence-electron chi connectivity index (χ4n) is 1.92. The van der Waals surface area contributed by atoms with Crippen molar-refractivity contribution in [2.75, 3.05) is 5.32 Å². The van der Waals surface area contributed by atoms with Crippen molar-refractivity contribution in [3.05, 3.63) is 29.6 Å².